The van der Waals surface area contributed by atoms with Crippen molar-refractivity contribution in [3.8, 4) is 11.1 Å². The second-order valence-corrected chi connectivity index (χ2v) is 5.67. The van der Waals surface area contributed by atoms with Crippen LogP contribution in [0.25, 0.3) is 11.1 Å². The highest BCUT2D eigenvalue weighted by molar-refractivity contribution is 5.69. The number of carbonyl (C=O) groups excluding carboxylic acids is 1. The predicted molar refractivity (Wildman–Crippen MR) is 85.1 cm³/mol. The molecule has 1 atom stereocenters. The minimum absolute atomic E-state index is 0.274. The molecular weight excluding hydrogens is 244 g/mol. The first-order chi connectivity index (χ1) is 9.63. The second kappa shape index (κ2) is 6.51. The normalized spacial score (nSPS) is 12.4. The minimum atomic E-state index is 0.274. The Balaban J connectivity index is 2.50. The van der Waals surface area contributed by atoms with Crippen LogP contribution in [0, 0.1) is 0 Å². The first-order valence-electron chi connectivity index (χ1n) is 7.26. The van der Waals surface area contributed by atoms with Gasteiger partial charge in [-0.25, -0.2) is 0 Å². The topological polar surface area (TPSA) is 17.1 Å². The molecule has 0 bridgehead atoms. The van der Waals surface area contributed by atoms with Crippen LogP contribution in [0.4, 0.5) is 0 Å². The molecule has 0 spiro atoms. The highest BCUT2D eigenvalue weighted by atomic mass is 16.1. The van der Waals surface area contributed by atoms with Crippen molar-refractivity contribution in [2.45, 2.75) is 39.0 Å². The van der Waals surface area contributed by atoms with E-state index >= 15 is 0 Å². The van der Waals surface area contributed by atoms with E-state index in [4.69, 9.17) is 0 Å². The second-order valence-electron chi connectivity index (χ2n) is 5.67. The van der Waals surface area contributed by atoms with Crippen molar-refractivity contribution in [3.05, 3.63) is 59.7 Å². The summed E-state index contributed by atoms with van der Waals surface area (Å²) in [6.45, 7) is 6.54. The van der Waals surface area contributed by atoms with Crippen molar-refractivity contribution in [2.75, 3.05) is 0 Å². The molecule has 0 aliphatic rings. The average molecular weight is 266 g/mol. The van der Waals surface area contributed by atoms with Gasteiger partial charge in [-0.3, -0.25) is 0 Å². The summed E-state index contributed by atoms with van der Waals surface area (Å²) in [6, 6.07) is 17.1. The van der Waals surface area contributed by atoms with E-state index in [1.165, 1.54) is 22.3 Å². The van der Waals surface area contributed by atoms with Crippen LogP contribution in [0.5, 0.6) is 0 Å². The smallest absolute Gasteiger partial charge is 0.120 e. The Bertz CT molecular complexity index is 570. The molecule has 1 unspecified atom stereocenters. The van der Waals surface area contributed by atoms with Gasteiger partial charge in [-0.15, -0.1) is 0 Å². The highest BCUT2D eigenvalue weighted by Crippen LogP contribution is 2.32. The molecule has 2 aromatic rings. The summed E-state index contributed by atoms with van der Waals surface area (Å²) in [5.74, 6) is 0.761. The molecule has 0 N–H and O–H groups in total. The lowest BCUT2D eigenvalue weighted by atomic mass is 9.88. The number of benzene rings is 2. The van der Waals surface area contributed by atoms with Crippen LogP contribution in [-0.2, 0) is 4.79 Å². The molecule has 1 heteroatoms. The van der Waals surface area contributed by atoms with Gasteiger partial charge >= 0.3 is 0 Å². The summed E-state index contributed by atoms with van der Waals surface area (Å²) in [5.41, 5.74) is 5.13. The van der Waals surface area contributed by atoms with Crippen LogP contribution < -0.4 is 0 Å². The summed E-state index contributed by atoms with van der Waals surface area (Å²) < 4.78 is 0. The molecule has 0 amide bonds. The zero-order chi connectivity index (χ0) is 14.5. The van der Waals surface area contributed by atoms with E-state index in [2.05, 4.69) is 63.2 Å². The lowest BCUT2D eigenvalue weighted by Crippen LogP contribution is -1.98. The Hall–Kier alpha value is -1.89. The molecule has 20 heavy (non-hydrogen) atoms. The fourth-order valence-electron chi connectivity index (χ4n) is 2.53. The molecule has 0 saturated carbocycles. The predicted octanol–water partition coefficient (Wildman–Crippen LogP) is 5.17. The van der Waals surface area contributed by atoms with Gasteiger partial charge in [0.15, 0.2) is 0 Å². The maximum absolute atomic E-state index is 10.7. The van der Waals surface area contributed by atoms with Gasteiger partial charge in [0.1, 0.15) is 6.29 Å². The third-order valence-electron chi connectivity index (χ3n) is 3.80. The zero-order valence-corrected chi connectivity index (χ0v) is 12.5. The van der Waals surface area contributed by atoms with Gasteiger partial charge in [0.2, 0.25) is 0 Å². The van der Waals surface area contributed by atoms with Crippen molar-refractivity contribution in [2.24, 2.45) is 0 Å². The van der Waals surface area contributed by atoms with E-state index in [1.807, 2.05) is 6.07 Å². The van der Waals surface area contributed by atoms with Crippen molar-refractivity contribution >= 4 is 6.29 Å². The summed E-state index contributed by atoms with van der Waals surface area (Å²) >= 11 is 0. The Kier molecular flexibility index (Phi) is 4.73. The van der Waals surface area contributed by atoms with Crippen LogP contribution in [-0.4, -0.2) is 6.29 Å². The molecule has 0 aliphatic heterocycles. The van der Waals surface area contributed by atoms with Crippen molar-refractivity contribution in [3.63, 3.8) is 0 Å². The fraction of sp³-hybridized carbons (Fsp3) is 0.316. The molecule has 2 aromatic carbocycles. The third kappa shape index (κ3) is 3.16. The van der Waals surface area contributed by atoms with E-state index in [0.29, 0.717) is 12.3 Å². The molecule has 0 fully saturated rings. The number of aldehydes is 1. The SMILES string of the molecule is CC(C)c1ccc(C(C)CC=O)cc1-c1ccccc1. The molecule has 0 heterocycles. The Labute approximate surface area is 121 Å². The molecule has 0 aliphatic carbocycles. The average Bonchev–Trinajstić information content (AvgIpc) is 2.47. The Morgan fingerprint density at radius 1 is 1.00 bits per heavy atom. The van der Waals surface area contributed by atoms with Gasteiger partial charge < -0.3 is 4.79 Å². The molecular formula is C19H22O. The van der Waals surface area contributed by atoms with E-state index in [0.717, 1.165) is 6.29 Å². The van der Waals surface area contributed by atoms with Crippen molar-refractivity contribution in [1.82, 2.24) is 0 Å². The molecule has 0 aromatic heterocycles. The molecule has 0 saturated heterocycles. The first kappa shape index (κ1) is 14.5. The lowest BCUT2D eigenvalue weighted by molar-refractivity contribution is -0.108. The Morgan fingerprint density at radius 3 is 2.30 bits per heavy atom. The summed E-state index contributed by atoms with van der Waals surface area (Å²) in [5, 5.41) is 0. The van der Waals surface area contributed by atoms with E-state index in [-0.39, 0.29) is 5.92 Å². The lowest BCUT2D eigenvalue weighted by Gasteiger charge is -2.17. The highest BCUT2D eigenvalue weighted by Gasteiger charge is 2.12. The van der Waals surface area contributed by atoms with Crippen LogP contribution in [0.3, 0.4) is 0 Å². The maximum Gasteiger partial charge on any atom is 0.120 e. The van der Waals surface area contributed by atoms with E-state index in [9.17, 15) is 4.79 Å². The van der Waals surface area contributed by atoms with Gasteiger partial charge in [0, 0.05) is 6.42 Å². The monoisotopic (exact) mass is 266 g/mol. The summed E-state index contributed by atoms with van der Waals surface area (Å²) in [6.07, 6.45) is 1.58. The van der Waals surface area contributed by atoms with Crippen LogP contribution in [0.2, 0.25) is 0 Å². The molecule has 2 rings (SSSR count). The van der Waals surface area contributed by atoms with Gasteiger partial charge in [-0.2, -0.15) is 0 Å². The maximum atomic E-state index is 10.7. The minimum Gasteiger partial charge on any atom is -0.303 e. The summed E-state index contributed by atoms with van der Waals surface area (Å²) in [4.78, 5) is 10.7. The number of carbonyl (C=O) groups is 1. The van der Waals surface area contributed by atoms with Gasteiger partial charge in [-0.1, -0.05) is 69.3 Å². The molecule has 104 valence electrons. The van der Waals surface area contributed by atoms with Gasteiger partial charge in [-0.05, 0) is 34.1 Å². The first-order valence-corrected chi connectivity index (χ1v) is 7.26. The largest absolute Gasteiger partial charge is 0.303 e. The van der Waals surface area contributed by atoms with Crippen LogP contribution >= 0.6 is 0 Å². The summed E-state index contributed by atoms with van der Waals surface area (Å²) in [7, 11) is 0. The fourth-order valence-corrected chi connectivity index (χ4v) is 2.53. The van der Waals surface area contributed by atoms with E-state index in [1.54, 1.807) is 0 Å². The number of rotatable bonds is 5. The number of hydrogen-bond acceptors (Lipinski definition) is 1. The van der Waals surface area contributed by atoms with Gasteiger partial charge in [0.25, 0.3) is 0 Å². The van der Waals surface area contributed by atoms with Crippen LogP contribution in [0.15, 0.2) is 48.5 Å². The number of hydrogen-bond donors (Lipinski definition) is 0. The zero-order valence-electron chi connectivity index (χ0n) is 12.5. The Morgan fingerprint density at radius 2 is 1.70 bits per heavy atom. The quantitative estimate of drug-likeness (QED) is 0.682. The van der Waals surface area contributed by atoms with Crippen molar-refractivity contribution < 1.29 is 4.79 Å². The van der Waals surface area contributed by atoms with Gasteiger partial charge in [0.05, 0.1) is 0 Å². The van der Waals surface area contributed by atoms with E-state index < -0.39 is 0 Å². The van der Waals surface area contributed by atoms with Crippen LogP contribution in [0.1, 0.15) is 50.2 Å². The third-order valence-corrected chi connectivity index (χ3v) is 3.80. The van der Waals surface area contributed by atoms with Crippen molar-refractivity contribution in [1.29, 1.82) is 0 Å². The molecule has 0 radical (unpaired) electrons. The molecule has 1 nitrogen and oxygen atoms in total. The standard InChI is InChI=1S/C19H22O/c1-14(2)18-10-9-17(15(3)11-12-20)13-19(18)16-7-5-4-6-8-16/h4-10,12-15H,11H2,1-3H3.